The van der Waals surface area contributed by atoms with Crippen LogP contribution in [-0.4, -0.2) is 28.2 Å². The van der Waals surface area contributed by atoms with Crippen LogP contribution in [0.5, 0.6) is 17.4 Å². The molecule has 10 heteroatoms. The SMILES string of the molecule is COc1cc2ncnc(Nc3ccc(F)c(C)c3)c2cc1Oc1ccc(C#CC(=O)NO)o1. The highest BCUT2D eigenvalue weighted by Crippen LogP contribution is 2.37. The van der Waals surface area contributed by atoms with Gasteiger partial charge in [-0.15, -0.1) is 0 Å². The molecule has 4 rings (SSSR count). The van der Waals surface area contributed by atoms with Gasteiger partial charge in [0.25, 0.3) is 5.95 Å². The molecule has 2 aromatic heterocycles. The summed E-state index contributed by atoms with van der Waals surface area (Å²) in [7, 11) is 1.49. The molecule has 0 fully saturated rings. The van der Waals surface area contributed by atoms with Crippen molar-refractivity contribution in [1.29, 1.82) is 0 Å². The van der Waals surface area contributed by atoms with Crippen LogP contribution in [0, 0.1) is 24.6 Å². The summed E-state index contributed by atoms with van der Waals surface area (Å²) in [5, 5.41) is 12.3. The number of methoxy groups -OCH3 is 1. The highest BCUT2D eigenvalue weighted by molar-refractivity contribution is 5.93. The Labute approximate surface area is 187 Å². The monoisotopic (exact) mass is 448 g/mol. The topological polar surface area (TPSA) is 119 Å². The zero-order chi connectivity index (χ0) is 23.4. The summed E-state index contributed by atoms with van der Waals surface area (Å²) in [4.78, 5) is 19.6. The van der Waals surface area contributed by atoms with Gasteiger partial charge in [-0.2, -0.15) is 0 Å². The van der Waals surface area contributed by atoms with E-state index in [0.717, 1.165) is 0 Å². The average molecular weight is 448 g/mol. The largest absolute Gasteiger partial charge is 0.493 e. The van der Waals surface area contributed by atoms with Crippen LogP contribution < -0.4 is 20.3 Å². The van der Waals surface area contributed by atoms with Gasteiger partial charge in [0.15, 0.2) is 17.3 Å². The molecule has 166 valence electrons. The number of hydroxylamine groups is 1. The normalized spacial score (nSPS) is 10.3. The molecule has 3 N–H and O–H groups in total. The molecule has 0 aliphatic heterocycles. The van der Waals surface area contributed by atoms with E-state index in [9.17, 15) is 9.18 Å². The summed E-state index contributed by atoms with van der Waals surface area (Å²) in [6.45, 7) is 1.67. The van der Waals surface area contributed by atoms with E-state index in [4.69, 9.17) is 19.1 Å². The number of aryl methyl sites for hydroxylation is 1. The smallest absolute Gasteiger partial charge is 0.319 e. The lowest BCUT2D eigenvalue weighted by molar-refractivity contribution is -0.123. The van der Waals surface area contributed by atoms with Crippen molar-refractivity contribution in [1.82, 2.24) is 15.4 Å². The molecular weight excluding hydrogens is 431 g/mol. The lowest BCUT2D eigenvalue weighted by Gasteiger charge is -2.13. The second-order valence-corrected chi connectivity index (χ2v) is 6.74. The maximum atomic E-state index is 13.6. The number of furan rings is 1. The Morgan fingerprint density at radius 2 is 2.00 bits per heavy atom. The summed E-state index contributed by atoms with van der Waals surface area (Å²) in [6.07, 6.45) is 1.40. The summed E-state index contributed by atoms with van der Waals surface area (Å²) in [6, 6.07) is 11.1. The minimum absolute atomic E-state index is 0.0990. The van der Waals surface area contributed by atoms with Crippen molar-refractivity contribution < 1.29 is 28.3 Å². The maximum Gasteiger partial charge on any atom is 0.319 e. The minimum Gasteiger partial charge on any atom is -0.493 e. The van der Waals surface area contributed by atoms with Gasteiger partial charge in [0.1, 0.15) is 18.0 Å². The number of amides is 1. The first-order chi connectivity index (χ1) is 16.0. The molecule has 0 saturated heterocycles. The Morgan fingerprint density at radius 3 is 2.76 bits per heavy atom. The molecule has 4 aromatic rings. The number of fused-ring (bicyclic) bond motifs is 1. The predicted molar refractivity (Wildman–Crippen MR) is 116 cm³/mol. The van der Waals surface area contributed by atoms with Crippen molar-refractivity contribution in [3.8, 4) is 29.3 Å². The van der Waals surface area contributed by atoms with Gasteiger partial charge in [-0.25, -0.2) is 19.8 Å². The van der Waals surface area contributed by atoms with E-state index in [0.29, 0.717) is 39.5 Å². The molecule has 0 unspecified atom stereocenters. The number of hydrogen-bond donors (Lipinski definition) is 3. The van der Waals surface area contributed by atoms with Crippen LogP contribution in [0.25, 0.3) is 10.9 Å². The fraction of sp³-hybridized carbons (Fsp3) is 0.0870. The van der Waals surface area contributed by atoms with E-state index >= 15 is 0 Å². The molecule has 33 heavy (non-hydrogen) atoms. The van der Waals surface area contributed by atoms with Crippen LogP contribution in [-0.2, 0) is 4.79 Å². The standard InChI is InChI=1S/C23H17FN4O5/c1-13-9-14(3-6-17(13)24)27-23-16-10-20(19(31-2)11-18(16)25-12-26-23)33-22-8-5-15(32-22)4-7-21(29)28-30/h3,5-6,8-12,30H,1-2H3,(H,28,29)(H,25,26,27). The number of hydrogen-bond acceptors (Lipinski definition) is 8. The van der Waals surface area contributed by atoms with E-state index in [2.05, 4.69) is 27.1 Å². The molecule has 0 aliphatic carbocycles. The Balaban J connectivity index is 1.67. The van der Waals surface area contributed by atoms with E-state index in [1.807, 2.05) is 0 Å². The highest BCUT2D eigenvalue weighted by Gasteiger charge is 2.14. The number of aromatic nitrogens is 2. The summed E-state index contributed by atoms with van der Waals surface area (Å²) in [5.41, 5.74) is 3.16. The molecule has 1 amide bonds. The van der Waals surface area contributed by atoms with Crippen LogP contribution in [0.2, 0.25) is 0 Å². The van der Waals surface area contributed by atoms with Crippen LogP contribution in [0.3, 0.4) is 0 Å². The van der Waals surface area contributed by atoms with Crippen LogP contribution >= 0.6 is 0 Å². The lowest BCUT2D eigenvalue weighted by atomic mass is 10.2. The number of carbonyl (C=O) groups excluding carboxylic acids is 1. The van der Waals surface area contributed by atoms with Crippen LogP contribution in [0.1, 0.15) is 11.3 Å². The van der Waals surface area contributed by atoms with Gasteiger partial charge in [-0.05, 0) is 48.7 Å². The van der Waals surface area contributed by atoms with Crippen molar-refractivity contribution in [2.45, 2.75) is 6.92 Å². The number of carbonyl (C=O) groups is 1. The molecular formula is C23H17FN4O5. The third kappa shape index (κ3) is 4.84. The number of halogens is 1. The number of rotatable bonds is 5. The Bertz CT molecular complexity index is 1410. The first-order valence-corrected chi connectivity index (χ1v) is 9.56. The van der Waals surface area contributed by atoms with Gasteiger partial charge in [0.2, 0.25) is 0 Å². The molecule has 2 heterocycles. The van der Waals surface area contributed by atoms with E-state index < -0.39 is 5.91 Å². The van der Waals surface area contributed by atoms with Gasteiger partial charge in [-0.1, -0.05) is 0 Å². The summed E-state index contributed by atoms with van der Waals surface area (Å²) in [5.74, 6) is 4.87. The van der Waals surface area contributed by atoms with Crippen molar-refractivity contribution in [2.75, 3.05) is 12.4 Å². The lowest BCUT2D eigenvalue weighted by Crippen LogP contribution is -2.15. The Hall–Kier alpha value is -4.62. The third-order valence-corrected chi connectivity index (χ3v) is 4.53. The van der Waals surface area contributed by atoms with Crippen molar-refractivity contribution >= 4 is 28.3 Å². The van der Waals surface area contributed by atoms with Gasteiger partial charge < -0.3 is 19.2 Å². The zero-order valence-electron chi connectivity index (χ0n) is 17.5. The molecule has 0 bridgehead atoms. The second kappa shape index (κ2) is 9.25. The number of anilines is 2. The molecule has 0 radical (unpaired) electrons. The van der Waals surface area contributed by atoms with E-state index in [1.54, 1.807) is 31.2 Å². The Kier molecular flexibility index (Phi) is 6.06. The second-order valence-electron chi connectivity index (χ2n) is 6.74. The van der Waals surface area contributed by atoms with Crippen LogP contribution in [0.15, 0.2) is 53.2 Å². The Morgan fingerprint density at radius 1 is 1.15 bits per heavy atom. The van der Waals surface area contributed by atoms with E-state index in [1.165, 1.54) is 37.1 Å². The van der Waals surface area contributed by atoms with E-state index in [-0.39, 0.29) is 17.5 Å². The summed E-state index contributed by atoms with van der Waals surface area (Å²) < 4.78 is 30.3. The van der Waals surface area contributed by atoms with Gasteiger partial charge in [0, 0.05) is 29.1 Å². The first kappa shape index (κ1) is 21.6. The first-order valence-electron chi connectivity index (χ1n) is 9.56. The fourth-order valence-electron chi connectivity index (χ4n) is 2.96. The van der Waals surface area contributed by atoms with Crippen LogP contribution in [0.4, 0.5) is 15.9 Å². The molecule has 0 aliphatic rings. The molecule has 0 saturated carbocycles. The molecule has 0 atom stereocenters. The maximum absolute atomic E-state index is 13.6. The van der Waals surface area contributed by atoms with Gasteiger partial charge in [-0.3, -0.25) is 10.0 Å². The van der Waals surface area contributed by atoms with Crippen molar-refractivity contribution in [3.05, 3.63) is 65.9 Å². The molecule has 2 aromatic carbocycles. The minimum atomic E-state index is -0.874. The number of benzene rings is 2. The van der Waals surface area contributed by atoms with Gasteiger partial charge in [0.05, 0.1) is 12.6 Å². The number of ether oxygens (including phenoxy) is 2. The quantitative estimate of drug-likeness (QED) is 0.238. The zero-order valence-corrected chi connectivity index (χ0v) is 17.5. The number of nitrogens with one attached hydrogen (secondary N) is 2. The predicted octanol–water partition coefficient (Wildman–Crippen LogP) is 4.07. The summed E-state index contributed by atoms with van der Waals surface area (Å²) >= 11 is 0. The van der Waals surface area contributed by atoms with Gasteiger partial charge >= 0.3 is 5.91 Å². The highest BCUT2D eigenvalue weighted by atomic mass is 19.1. The average Bonchev–Trinajstić information content (AvgIpc) is 3.27. The molecule has 0 spiro atoms. The van der Waals surface area contributed by atoms with Crippen molar-refractivity contribution in [2.24, 2.45) is 0 Å². The molecule has 9 nitrogen and oxygen atoms in total. The third-order valence-electron chi connectivity index (χ3n) is 4.53. The number of nitrogens with zero attached hydrogens (tertiary/aromatic N) is 2. The van der Waals surface area contributed by atoms with Crippen molar-refractivity contribution in [3.63, 3.8) is 0 Å². The fourth-order valence-corrected chi connectivity index (χ4v) is 2.96.